The number of aromatic amines is 1. The lowest BCUT2D eigenvalue weighted by Gasteiger charge is -2.11. The number of carbonyl (C=O) groups excluding carboxylic acids is 3. The quantitative estimate of drug-likeness (QED) is 0.467. The molecule has 3 rings (SSSR count). The smallest absolute Gasteiger partial charge is 0.356 e. The molecule has 3 N–H and O–H groups in total. The van der Waals surface area contributed by atoms with E-state index in [4.69, 9.17) is 9.47 Å². The van der Waals surface area contributed by atoms with Gasteiger partial charge in [0, 0.05) is 5.56 Å². The first kappa shape index (κ1) is 22.5. The van der Waals surface area contributed by atoms with E-state index in [0.717, 1.165) is 16.7 Å². The second kappa shape index (κ2) is 10.3. The highest BCUT2D eigenvalue weighted by Crippen LogP contribution is 2.25. The molecular formula is C23H24N4O5. The second-order valence-corrected chi connectivity index (χ2v) is 7.14. The van der Waals surface area contributed by atoms with Gasteiger partial charge in [0.15, 0.2) is 6.61 Å². The van der Waals surface area contributed by atoms with Crippen molar-refractivity contribution in [3.05, 3.63) is 65.4 Å². The van der Waals surface area contributed by atoms with E-state index >= 15 is 0 Å². The molecule has 9 heteroatoms. The van der Waals surface area contributed by atoms with E-state index in [1.54, 1.807) is 18.2 Å². The molecule has 0 aliphatic rings. The fourth-order valence-corrected chi connectivity index (χ4v) is 2.85. The van der Waals surface area contributed by atoms with Crippen molar-refractivity contribution in [2.45, 2.75) is 13.8 Å². The number of methoxy groups -OCH3 is 1. The van der Waals surface area contributed by atoms with Crippen molar-refractivity contribution in [2.24, 2.45) is 0 Å². The molecule has 0 saturated carbocycles. The van der Waals surface area contributed by atoms with Gasteiger partial charge in [0.1, 0.15) is 11.4 Å². The number of benzene rings is 2. The number of carbonyl (C=O) groups is 3. The standard InChI is InChI=1S/C23H24N4O5/c1-14-4-7-16(8-5-14)17-11-19(27-26-17)23(30)32-13-22(29)24-12-21(28)25-18-10-15(2)6-9-20(18)31-3/h4-11H,12-13H2,1-3H3,(H,24,29)(H,25,28)(H,26,27). The van der Waals surface area contributed by atoms with Gasteiger partial charge < -0.3 is 20.1 Å². The predicted octanol–water partition coefficient (Wildman–Crippen LogP) is 2.61. The lowest BCUT2D eigenvalue weighted by atomic mass is 10.1. The van der Waals surface area contributed by atoms with Gasteiger partial charge in [-0.05, 0) is 37.6 Å². The minimum absolute atomic E-state index is 0.123. The van der Waals surface area contributed by atoms with Crippen LogP contribution in [-0.4, -0.2) is 48.2 Å². The lowest BCUT2D eigenvalue weighted by molar-refractivity contribution is -0.126. The van der Waals surface area contributed by atoms with Crippen molar-refractivity contribution in [3.63, 3.8) is 0 Å². The maximum atomic E-state index is 12.2. The summed E-state index contributed by atoms with van der Waals surface area (Å²) in [7, 11) is 1.50. The first-order valence-electron chi connectivity index (χ1n) is 9.86. The number of nitrogens with one attached hydrogen (secondary N) is 3. The Balaban J connectivity index is 1.46. The molecule has 9 nitrogen and oxygen atoms in total. The Kier molecular flexibility index (Phi) is 7.22. The van der Waals surface area contributed by atoms with E-state index in [-0.39, 0.29) is 12.2 Å². The summed E-state index contributed by atoms with van der Waals surface area (Å²) in [4.78, 5) is 36.2. The predicted molar refractivity (Wildman–Crippen MR) is 118 cm³/mol. The number of rotatable bonds is 8. The number of anilines is 1. The van der Waals surface area contributed by atoms with Crippen molar-refractivity contribution in [2.75, 3.05) is 25.6 Å². The molecule has 1 aromatic heterocycles. The van der Waals surface area contributed by atoms with E-state index in [2.05, 4.69) is 20.8 Å². The Labute approximate surface area is 185 Å². The van der Waals surface area contributed by atoms with Gasteiger partial charge in [-0.3, -0.25) is 14.7 Å². The summed E-state index contributed by atoms with van der Waals surface area (Å²) in [5.41, 5.74) is 4.12. The maximum absolute atomic E-state index is 12.2. The summed E-state index contributed by atoms with van der Waals surface area (Å²) >= 11 is 0. The molecule has 166 valence electrons. The van der Waals surface area contributed by atoms with Crippen LogP contribution in [0.25, 0.3) is 11.3 Å². The van der Waals surface area contributed by atoms with Gasteiger partial charge in [-0.15, -0.1) is 0 Å². The van der Waals surface area contributed by atoms with Crippen LogP contribution in [0.5, 0.6) is 5.75 Å². The number of aryl methyl sites for hydroxylation is 2. The fraction of sp³-hybridized carbons (Fsp3) is 0.217. The molecule has 0 bridgehead atoms. The third-order valence-electron chi connectivity index (χ3n) is 4.55. The molecule has 0 atom stereocenters. The summed E-state index contributed by atoms with van der Waals surface area (Å²) in [6.07, 6.45) is 0. The Morgan fingerprint density at radius 3 is 2.41 bits per heavy atom. The molecule has 3 aromatic rings. The molecule has 0 aliphatic heterocycles. The summed E-state index contributed by atoms with van der Waals surface area (Å²) in [5.74, 6) is -1.26. The first-order valence-corrected chi connectivity index (χ1v) is 9.86. The minimum Gasteiger partial charge on any atom is -0.495 e. The number of esters is 1. The Bertz CT molecular complexity index is 1120. The average molecular weight is 436 g/mol. The molecule has 0 saturated heterocycles. The highest BCUT2D eigenvalue weighted by atomic mass is 16.5. The van der Waals surface area contributed by atoms with Gasteiger partial charge in [0.25, 0.3) is 5.91 Å². The zero-order valence-corrected chi connectivity index (χ0v) is 18.0. The Morgan fingerprint density at radius 1 is 0.969 bits per heavy atom. The van der Waals surface area contributed by atoms with Crippen LogP contribution in [0.2, 0.25) is 0 Å². The molecule has 0 spiro atoms. The van der Waals surface area contributed by atoms with Crippen LogP contribution >= 0.6 is 0 Å². The molecule has 2 aromatic carbocycles. The number of nitrogens with zero attached hydrogens (tertiary/aromatic N) is 1. The lowest BCUT2D eigenvalue weighted by Crippen LogP contribution is -2.35. The van der Waals surface area contributed by atoms with Crippen LogP contribution in [0.4, 0.5) is 5.69 Å². The third-order valence-corrected chi connectivity index (χ3v) is 4.55. The summed E-state index contributed by atoms with van der Waals surface area (Å²) in [5, 5.41) is 11.8. The van der Waals surface area contributed by atoms with Crippen molar-refractivity contribution >= 4 is 23.5 Å². The number of ether oxygens (including phenoxy) is 2. The van der Waals surface area contributed by atoms with E-state index < -0.39 is 24.4 Å². The normalized spacial score (nSPS) is 10.3. The number of amides is 2. The molecule has 2 amide bonds. The monoisotopic (exact) mass is 436 g/mol. The topological polar surface area (TPSA) is 122 Å². The molecule has 0 unspecified atom stereocenters. The molecule has 0 fully saturated rings. The number of H-pyrrole nitrogens is 1. The first-order chi connectivity index (χ1) is 15.4. The van der Waals surface area contributed by atoms with Crippen LogP contribution in [0.1, 0.15) is 21.6 Å². The zero-order chi connectivity index (χ0) is 23.1. The maximum Gasteiger partial charge on any atom is 0.356 e. The van der Waals surface area contributed by atoms with E-state index in [1.165, 1.54) is 7.11 Å². The van der Waals surface area contributed by atoms with Crippen LogP contribution in [0.15, 0.2) is 48.5 Å². The number of hydrogen-bond donors (Lipinski definition) is 3. The highest BCUT2D eigenvalue weighted by molar-refractivity contribution is 5.96. The van der Waals surface area contributed by atoms with Crippen LogP contribution in [0.3, 0.4) is 0 Å². The van der Waals surface area contributed by atoms with E-state index in [0.29, 0.717) is 17.1 Å². The van der Waals surface area contributed by atoms with Gasteiger partial charge in [-0.25, -0.2) is 4.79 Å². The highest BCUT2D eigenvalue weighted by Gasteiger charge is 2.15. The zero-order valence-electron chi connectivity index (χ0n) is 18.0. The molecular weight excluding hydrogens is 412 g/mol. The molecule has 1 heterocycles. The van der Waals surface area contributed by atoms with Crippen LogP contribution < -0.4 is 15.4 Å². The van der Waals surface area contributed by atoms with Crippen molar-refractivity contribution < 1.29 is 23.9 Å². The van der Waals surface area contributed by atoms with Gasteiger partial charge >= 0.3 is 5.97 Å². The summed E-state index contributed by atoms with van der Waals surface area (Å²) < 4.78 is 10.2. The molecule has 0 aliphatic carbocycles. The van der Waals surface area contributed by atoms with Gasteiger partial charge in [0.05, 0.1) is 25.0 Å². The fourth-order valence-electron chi connectivity index (χ4n) is 2.85. The average Bonchev–Trinajstić information content (AvgIpc) is 3.27. The van der Waals surface area contributed by atoms with Crippen molar-refractivity contribution in [1.29, 1.82) is 0 Å². The van der Waals surface area contributed by atoms with Crippen molar-refractivity contribution in [3.8, 4) is 17.0 Å². The van der Waals surface area contributed by atoms with Gasteiger partial charge in [-0.1, -0.05) is 35.9 Å². The third kappa shape index (κ3) is 5.94. The Hall–Kier alpha value is -4.14. The summed E-state index contributed by atoms with van der Waals surface area (Å²) in [6, 6.07) is 14.6. The summed E-state index contributed by atoms with van der Waals surface area (Å²) in [6.45, 7) is 3.05. The van der Waals surface area contributed by atoms with Crippen LogP contribution in [0, 0.1) is 13.8 Å². The van der Waals surface area contributed by atoms with E-state index in [1.807, 2.05) is 44.2 Å². The van der Waals surface area contributed by atoms with Crippen molar-refractivity contribution in [1.82, 2.24) is 15.5 Å². The SMILES string of the molecule is COc1ccc(C)cc1NC(=O)CNC(=O)COC(=O)c1cc(-c2ccc(C)cc2)n[nH]1. The largest absolute Gasteiger partial charge is 0.495 e. The Morgan fingerprint density at radius 2 is 1.69 bits per heavy atom. The van der Waals surface area contributed by atoms with E-state index in [9.17, 15) is 14.4 Å². The number of hydrogen-bond acceptors (Lipinski definition) is 6. The molecule has 32 heavy (non-hydrogen) atoms. The van der Waals surface area contributed by atoms with Crippen LogP contribution in [-0.2, 0) is 14.3 Å². The number of aromatic nitrogens is 2. The second-order valence-electron chi connectivity index (χ2n) is 7.14. The minimum atomic E-state index is -0.722. The van der Waals surface area contributed by atoms with Gasteiger partial charge in [-0.2, -0.15) is 5.10 Å². The molecule has 0 radical (unpaired) electrons. The van der Waals surface area contributed by atoms with Gasteiger partial charge in [0.2, 0.25) is 5.91 Å².